The van der Waals surface area contributed by atoms with E-state index in [1.54, 1.807) is 25.1 Å². The minimum atomic E-state index is -0.936. The van der Waals surface area contributed by atoms with Gasteiger partial charge in [-0.2, -0.15) is 0 Å². The summed E-state index contributed by atoms with van der Waals surface area (Å²) < 4.78 is 33.4. The van der Waals surface area contributed by atoms with Crippen molar-refractivity contribution in [2.45, 2.75) is 51.0 Å². The third kappa shape index (κ3) is 2.87. The molecule has 0 bridgehead atoms. The Morgan fingerprint density at radius 2 is 1.86 bits per heavy atom. The fourth-order valence-electron chi connectivity index (χ4n) is 3.74. The van der Waals surface area contributed by atoms with Crippen molar-refractivity contribution in [2.75, 3.05) is 12.8 Å². The van der Waals surface area contributed by atoms with Gasteiger partial charge in [0.25, 0.3) is 0 Å². The zero-order valence-electron chi connectivity index (χ0n) is 15.9. The van der Waals surface area contributed by atoms with Crippen LogP contribution in [0.25, 0.3) is 11.0 Å². The van der Waals surface area contributed by atoms with E-state index in [2.05, 4.69) is 0 Å². The van der Waals surface area contributed by atoms with Gasteiger partial charge in [-0.05, 0) is 39.0 Å². The first kappa shape index (κ1) is 18.6. The van der Waals surface area contributed by atoms with Crippen LogP contribution in [-0.2, 0) is 18.9 Å². The van der Waals surface area contributed by atoms with E-state index >= 15 is 0 Å². The topological polar surface area (TPSA) is 119 Å². The molecule has 4 rings (SSSR count). The molecule has 1 aromatic carbocycles. The van der Waals surface area contributed by atoms with Gasteiger partial charge in [-0.25, -0.2) is 9.59 Å². The van der Waals surface area contributed by atoms with Crippen molar-refractivity contribution in [3.63, 3.8) is 0 Å². The predicted molar refractivity (Wildman–Crippen MR) is 97.2 cm³/mol. The van der Waals surface area contributed by atoms with Crippen molar-refractivity contribution in [1.29, 1.82) is 0 Å². The first-order valence-electron chi connectivity index (χ1n) is 8.79. The summed E-state index contributed by atoms with van der Waals surface area (Å²) in [6.45, 7) is 5.38. The Morgan fingerprint density at radius 1 is 1.14 bits per heavy atom. The molecule has 0 aliphatic carbocycles. The van der Waals surface area contributed by atoms with Gasteiger partial charge in [-0.3, -0.25) is 0 Å². The quantitative estimate of drug-likeness (QED) is 0.619. The number of aryl methyl sites for hydroxylation is 1. The molecule has 2 aromatic rings. The summed E-state index contributed by atoms with van der Waals surface area (Å²) in [6.07, 6.45) is -3.75. The molecular weight excluding hydrogens is 370 g/mol. The van der Waals surface area contributed by atoms with Crippen molar-refractivity contribution in [3.8, 4) is 5.75 Å². The zero-order chi connectivity index (χ0) is 20.2. The van der Waals surface area contributed by atoms with Crippen LogP contribution in [0.2, 0.25) is 0 Å². The SMILES string of the molecule is CO[C@@H]1[C@H]2OC(=O)OC2[C@H](Oc2ccc3cc(N)c(=O)oc3c2C)OC1(C)C. The van der Waals surface area contributed by atoms with E-state index in [1.165, 1.54) is 7.11 Å². The Kier molecular flexibility index (Phi) is 4.24. The van der Waals surface area contributed by atoms with Crippen molar-refractivity contribution >= 4 is 22.8 Å². The lowest BCUT2D eigenvalue weighted by Crippen LogP contribution is -2.62. The van der Waals surface area contributed by atoms with Crippen LogP contribution >= 0.6 is 0 Å². The van der Waals surface area contributed by atoms with E-state index in [-0.39, 0.29) is 5.69 Å². The average Bonchev–Trinajstić information content (AvgIpc) is 3.00. The minimum Gasteiger partial charge on any atom is -0.460 e. The van der Waals surface area contributed by atoms with E-state index in [1.807, 2.05) is 13.8 Å². The Hall–Kier alpha value is -2.78. The average molecular weight is 391 g/mol. The number of hydrogen-bond acceptors (Lipinski definition) is 9. The van der Waals surface area contributed by atoms with Crippen molar-refractivity contribution in [3.05, 3.63) is 34.2 Å². The molecule has 2 saturated heterocycles. The molecule has 150 valence electrons. The summed E-state index contributed by atoms with van der Waals surface area (Å²) in [5.41, 5.74) is 5.17. The molecule has 3 heterocycles. The second-order valence-corrected chi connectivity index (χ2v) is 7.38. The Bertz CT molecular complexity index is 997. The molecule has 0 saturated carbocycles. The maximum absolute atomic E-state index is 11.8. The summed E-state index contributed by atoms with van der Waals surface area (Å²) in [5, 5.41) is 0.666. The number of carbonyl (C=O) groups is 1. The normalized spacial score (nSPS) is 28.5. The predicted octanol–water partition coefficient (Wildman–Crippen LogP) is 2.12. The molecule has 0 spiro atoms. The standard InChI is InChI=1S/C19H21NO8/c1-8-11(6-5-9-7-10(20)16(21)25-12(8)9)24-17-14-13(26-18(22)27-14)15(23-4)19(2,3)28-17/h5-7,13-15,17H,20H2,1-4H3/t13-,14?,15+,17+/m0/s1. The zero-order valence-corrected chi connectivity index (χ0v) is 15.9. The summed E-state index contributed by atoms with van der Waals surface area (Å²) in [7, 11) is 1.52. The number of nitrogen functional groups attached to an aromatic ring is 1. The molecule has 9 nitrogen and oxygen atoms in total. The first-order chi connectivity index (χ1) is 13.2. The number of ether oxygens (including phenoxy) is 5. The molecule has 9 heteroatoms. The van der Waals surface area contributed by atoms with Gasteiger partial charge in [0.1, 0.15) is 23.1 Å². The van der Waals surface area contributed by atoms with Crippen LogP contribution in [0, 0.1) is 6.92 Å². The van der Waals surface area contributed by atoms with E-state index in [4.69, 9.17) is 33.8 Å². The number of benzene rings is 1. The molecular formula is C19H21NO8. The molecule has 1 aromatic heterocycles. The van der Waals surface area contributed by atoms with Crippen LogP contribution in [0.15, 0.2) is 27.4 Å². The van der Waals surface area contributed by atoms with Gasteiger partial charge in [-0.15, -0.1) is 0 Å². The summed E-state index contributed by atoms with van der Waals surface area (Å²) in [4.78, 5) is 23.5. The minimum absolute atomic E-state index is 0.0291. The third-order valence-electron chi connectivity index (χ3n) is 5.09. The van der Waals surface area contributed by atoms with Crippen LogP contribution in [0.3, 0.4) is 0 Å². The number of rotatable bonds is 3. The highest BCUT2D eigenvalue weighted by Gasteiger charge is 2.58. The van der Waals surface area contributed by atoms with Crippen molar-refractivity contribution in [2.24, 2.45) is 0 Å². The highest BCUT2D eigenvalue weighted by atomic mass is 16.8. The maximum atomic E-state index is 11.8. The number of anilines is 1. The van der Waals surface area contributed by atoms with Crippen molar-refractivity contribution in [1.82, 2.24) is 0 Å². The highest BCUT2D eigenvalue weighted by molar-refractivity contribution is 5.83. The maximum Gasteiger partial charge on any atom is 0.509 e. The lowest BCUT2D eigenvalue weighted by atomic mass is 9.89. The van der Waals surface area contributed by atoms with Gasteiger partial charge >= 0.3 is 11.8 Å². The molecule has 2 aliphatic heterocycles. The molecule has 0 radical (unpaired) electrons. The van der Waals surface area contributed by atoms with E-state index in [9.17, 15) is 9.59 Å². The number of nitrogens with two attached hydrogens (primary N) is 1. The van der Waals surface area contributed by atoms with Gasteiger partial charge in [0, 0.05) is 18.1 Å². The molecule has 2 aliphatic rings. The second-order valence-electron chi connectivity index (χ2n) is 7.38. The summed E-state index contributed by atoms with van der Waals surface area (Å²) in [5.74, 6) is 0.416. The first-order valence-corrected chi connectivity index (χ1v) is 8.79. The van der Waals surface area contributed by atoms with Gasteiger partial charge in [0.05, 0.1) is 5.60 Å². The fourth-order valence-corrected chi connectivity index (χ4v) is 3.74. The van der Waals surface area contributed by atoms with Crippen molar-refractivity contribution < 1.29 is 32.9 Å². The van der Waals surface area contributed by atoms with Crippen LogP contribution in [0.5, 0.6) is 5.75 Å². The molecule has 4 atom stereocenters. The number of fused-ring (bicyclic) bond motifs is 2. The van der Waals surface area contributed by atoms with Gasteiger partial charge in [0.2, 0.25) is 12.4 Å². The van der Waals surface area contributed by atoms with Gasteiger partial charge in [0.15, 0.2) is 6.10 Å². The Labute approximate surface area is 160 Å². The molecule has 0 amide bonds. The van der Waals surface area contributed by atoms with Gasteiger partial charge in [-0.1, -0.05) is 0 Å². The Balaban J connectivity index is 1.70. The Morgan fingerprint density at radius 3 is 2.57 bits per heavy atom. The largest absolute Gasteiger partial charge is 0.509 e. The summed E-state index contributed by atoms with van der Waals surface area (Å²) in [6, 6.07) is 4.98. The second kappa shape index (κ2) is 6.39. The van der Waals surface area contributed by atoms with Crippen LogP contribution in [0.4, 0.5) is 10.5 Å². The number of hydrogen-bond donors (Lipinski definition) is 1. The molecule has 2 fully saturated rings. The number of methoxy groups -OCH3 is 1. The number of carbonyl (C=O) groups excluding carboxylic acids is 1. The summed E-state index contributed by atoms with van der Waals surface area (Å²) >= 11 is 0. The smallest absolute Gasteiger partial charge is 0.460 e. The van der Waals surface area contributed by atoms with E-state index in [0.717, 1.165) is 0 Å². The highest BCUT2D eigenvalue weighted by Crippen LogP contribution is 2.39. The monoisotopic (exact) mass is 391 g/mol. The fraction of sp³-hybridized carbons (Fsp3) is 0.474. The third-order valence-corrected chi connectivity index (χ3v) is 5.09. The van der Waals surface area contributed by atoms with E-state index in [0.29, 0.717) is 22.3 Å². The van der Waals surface area contributed by atoms with Gasteiger partial charge < -0.3 is 33.8 Å². The molecule has 1 unspecified atom stereocenters. The lowest BCUT2D eigenvalue weighted by molar-refractivity contribution is -0.282. The van der Waals surface area contributed by atoms with Crippen LogP contribution < -0.4 is 16.1 Å². The lowest BCUT2D eigenvalue weighted by Gasteiger charge is -2.45. The molecule has 2 N–H and O–H groups in total. The molecule has 28 heavy (non-hydrogen) atoms. The van der Waals surface area contributed by atoms with Crippen LogP contribution in [-0.4, -0.2) is 43.5 Å². The van der Waals surface area contributed by atoms with Crippen LogP contribution in [0.1, 0.15) is 19.4 Å². The van der Waals surface area contributed by atoms with E-state index < -0.39 is 42.0 Å².